The maximum absolute atomic E-state index is 4.25. The molecule has 0 amide bonds. The zero-order valence-corrected chi connectivity index (χ0v) is 8.99. The van der Waals surface area contributed by atoms with Gasteiger partial charge in [-0.05, 0) is 18.6 Å². The quantitative estimate of drug-likeness (QED) is 0.677. The Morgan fingerprint density at radius 1 is 1.43 bits per heavy atom. The lowest BCUT2D eigenvalue weighted by molar-refractivity contribution is 0.566. The van der Waals surface area contributed by atoms with Crippen molar-refractivity contribution in [2.45, 2.75) is 6.92 Å². The third-order valence-corrected chi connectivity index (χ3v) is 1.86. The van der Waals surface area contributed by atoms with E-state index in [2.05, 4.69) is 17.6 Å². The van der Waals surface area contributed by atoms with Gasteiger partial charge in [-0.1, -0.05) is 18.7 Å². The number of hydrogen-bond acceptors (Lipinski definition) is 2. The van der Waals surface area contributed by atoms with Crippen molar-refractivity contribution in [2.75, 3.05) is 14.1 Å². The topological polar surface area (TPSA) is 16.1 Å². The van der Waals surface area contributed by atoms with Gasteiger partial charge in [0.2, 0.25) is 0 Å². The number of allylic oxidation sites excluding steroid dienone is 2. The average Bonchev–Trinajstić information content (AvgIpc) is 2.15. The summed E-state index contributed by atoms with van der Waals surface area (Å²) in [6, 6.07) is 4.06. The number of pyridine rings is 1. The highest BCUT2D eigenvalue weighted by Gasteiger charge is 1.97. The molecule has 0 aromatic carbocycles. The van der Waals surface area contributed by atoms with Gasteiger partial charge < -0.3 is 4.90 Å². The molecule has 1 heterocycles. The van der Waals surface area contributed by atoms with Crippen molar-refractivity contribution in [3.8, 4) is 0 Å². The molecule has 0 aliphatic carbocycles. The number of aryl methyl sites for hydroxylation is 1. The minimum Gasteiger partial charge on any atom is -0.383 e. The molecule has 1 aromatic rings. The molecule has 0 N–H and O–H groups in total. The summed E-state index contributed by atoms with van der Waals surface area (Å²) in [7, 11) is 3.98. The normalized spacial score (nSPS) is 11.2. The summed E-state index contributed by atoms with van der Waals surface area (Å²) in [4.78, 5) is 6.25. The van der Waals surface area contributed by atoms with E-state index in [9.17, 15) is 0 Å². The van der Waals surface area contributed by atoms with Gasteiger partial charge in [0.05, 0.1) is 0 Å². The summed E-state index contributed by atoms with van der Waals surface area (Å²) in [5.74, 6) is 0. The second kappa shape index (κ2) is 4.61. The smallest absolute Gasteiger partial charge is 0.0373 e. The van der Waals surface area contributed by atoms with Crippen LogP contribution in [0.2, 0.25) is 0 Å². The zero-order valence-electron chi connectivity index (χ0n) is 8.99. The van der Waals surface area contributed by atoms with Gasteiger partial charge >= 0.3 is 0 Å². The van der Waals surface area contributed by atoms with Gasteiger partial charge in [-0.15, -0.1) is 0 Å². The molecule has 0 bridgehead atoms. The van der Waals surface area contributed by atoms with Crippen LogP contribution in [0.3, 0.4) is 0 Å². The first-order valence-corrected chi connectivity index (χ1v) is 4.57. The van der Waals surface area contributed by atoms with Crippen LogP contribution in [-0.2, 0) is 0 Å². The van der Waals surface area contributed by atoms with Crippen LogP contribution >= 0.6 is 0 Å². The van der Waals surface area contributed by atoms with Crippen molar-refractivity contribution in [3.05, 3.63) is 48.4 Å². The van der Waals surface area contributed by atoms with Crippen LogP contribution in [0.15, 0.2) is 37.2 Å². The summed E-state index contributed by atoms with van der Waals surface area (Å²) >= 11 is 0. The standard InChI is InChI=1S/C12H16N2/c1-5-11(9-14(3)4)12-7-6-10(2)13-8-12/h5-9H,1H2,2-4H3/b11-9+. The third kappa shape index (κ3) is 2.73. The maximum Gasteiger partial charge on any atom is 0.0373 e. The number of aromatic nitrogens is 1. The molecule has 0 aliphatic heterocycles. The molecule has 0 atom stereocenters. The summed E-state index contributed by atoms with van der Waals surface area (Å²) in [6.45, 7) is 5.77. The van der Waals surface area contributed by atoms with Gasteiger partial charge in [0, 0.05) is 37.7 Å². The van der Waals surface area contributed by atoms with Gasteiger partial charge in [-0.25, -0.2) is 0 Å². The lowest BCUT2D eigenvalue weighted by Gasteiger charge is -2.08. The van der Waals surface area contributed by atoms with E-state index in [0.717, 1.165) is 16.8 Å². The predicted octanol–water partition coefficient (Wildman–Crippen LogP) is 2.48. The second-order valence-electron chi connectivity index (χ2n) is 3.44. The minimum atomic E-state index is 1.03. The summed E-state index contributed by atoms with van der Waals surface area (Å²) in [5, 5.41) is 0. The Balaban J connectivity index is 3.01. The molecular weight excluding hydrogens is 172 g/mol. The first-order valence-electron chi connectivity index (χ1n) is 4.57. The fourth-order valence-corrected chi connectivity index (χ4v) is 1.16. The molecule has 1 aromatic heterocycles. The van der Waals surface area contributed by atoms with E-state index in [4.69, 9.17) is 0 Å². The van der Waals surface area contributed by atoms with Crippen LogP contribution in [0.4, 0.5) is 0 Å². The monoisotopic (exact) mass is 188 g/mol. The molecule has 1 rings (SSSR count). The van der Waals surface area contributed by atoms with E-state index in [-0.39, 0.29) is 0 Å². The Morgan fingerprint density at radius 3 is 2.57 bits per heavy atom. The fraction of sp³-hybridized carbons (Fsp3) is 0.250. The molecule has 0 saturated carbocycles. The molecule has 0 radical (unpaired) electrons. The Kier molecular flexibility index (Phi) is 3.46. The lowest BCUT2D eigenvalue weighted by Crippen LogP contribution is -2.02. The van der Waals surface area contributed by atoms with E-state index < -0.39 is 0 Å². The molecule has 2 heteroatoms. The SMILES string of the molecule is C=C/C(=C\N(C)C)c1ccc(C)nc1. The van der Waals surface area contributed by atoms with E-state index in [0.29, 0.717) is 0 Å². The third-order valence-electron chi connectivity index (χ3n) is 1.86. The first kappa shape index (κ1) is 10.5. The van der Waals surface area contributed by atoms with Gasteiger partial charge in [-0.2, -0.15) is 0 Å². The molecular formula is C12H16N2. The van der Waals surface area contributed by atoms with Gasteiger partial charge in [0.1, 0.15) is 0 Å². The fourth-order valence-electron chi connectivity index (χ4n) is 1.16. The molecule has 0 spiro atoms. The Morgan fingerprint density at radius 2 is 2.14 bits per heavy atom. The van der Waals surface area contributed by atoms with Gasteiger partial charge in [-0.3, -0.25) is 4.98 Å². The highest BCUT2D eigenvalue weighted by Crippen LogP contribution is 2.14. The summed E-state index contributed by atoms with van der Waals surface area (Å²) in [6.07, 6.45) is 5.73. The lowest BCUT2D eigenvalue weighted by atomic mass is 10.1. The molecule has 14 heavy (non-hydrogen) atoms. The maximum atomic E-state index is 4.25. The van der Waals surface area contributed by atoms with Gasteiger partial charge in [0.15, 0.2) is 0 Å². The van der Waals surface area contributed by atoms with Crippen molar-refractivity contribution in [3.63, 3.8) is 0 Å². The zero-order chi connectivity index (χ0) is 10.6. The molecule has 2 nitrogen and oxygen atoms in total. The van der Waals surface area contributed by atoms with Crippen LogP contribution in [-0.4, -0.2) is 24.0 Å². The molecule has 0 unspecified atom stereocenters. The highest BCUT2D eigenvalue weighted by molar-refractivity contribution is 5.72. The number of rotatable bonds is 3. The number of nitrogens with zero attached hydrogens (tertiary/aromatic N) is 2. The van der Waals surface area contributed by atoms with E-state index >= 15 is 0 Å². The Bertz CT molecular complexity index is 334. The van der Waals surface area contributed by atoms with Crippen LogP contribution < -0.4 is 0 Å². The minimum absolute atomic E-state index is 1.03. The van der Waals surface area contributed by atoms with Crippen molar-refractivity contribution in [1.82, 2.24) is 9.88 Å². The van der Waals surface area contributed by atoms with Crippen LogP contribution in [0.1, 0.15) is 11.3 Å². The van der Waals surface area contributed by atoms with Crippen molar-refractivity contribution < 1.29 is 0 Å². The van der Waals surface area contributed by atoms with E-state index in [1.165, 1.54) is 0 Å². The number of hydrogen-bond donors (Lipinski definition) is 0. The van der Waals surface area contributed by atoms with E-state index in [1.807, 2.05) is 50.5 Å². The highest BCUT2D eigenvalue weighted by atomic mass is 15.0. The largest absolute Gasteiger partial charge is 0.383 e. The van der Waals surface area contributed by atoms with E-state index in [1.54, 1.807) is 0 Å². The summed E-state index contributed by atoms with van der Waals surface area (Å²) < 4.78 is 0. The average molecular weight is 188 g/mol. The van der Waals surface area contributed by atoms with Crippen molar-refractivity contribution in [2.24, 2.45) is 0 Å². The van der Waals surface area contributed by atoms with Crippen molar-refractivity contribution in [1.29, 1.82) is 0 Å². The van der Waals surface area contributed by atoms with Crippen molar-refractivity contribution >= 4 is 5.57 Å². The van der Waals surface area contributed by atoms with Crippen LogP contribution in [0.25, 0.3) is 5.57 Å². The molecule has 74 valence electrons. The summed E-state index contributed by atoms with van der Waals surface area (Å²) in [5.41, 5.74) is 3.21. The Hall–Kier alpha value is -1.57. The van der Waals surface area contributed by atoms with Crippen LogP contribution in [0, 0.1) is 6.92 Å². The van der Waals surface area contributed by atoms with Crippen LogP contribution in [0.5, 0.6) is 0 Å². The molecule has 0 saturated heterocycles. The Labute approximate surface area is 85.6 Å². The molecule has 0 aliphatic rings. The first-order chi connectivity index (χ1) is 6.63. The second-order valence-corrected chi connectivity index (χ2v) is 3.44. The predicted molar refractivity (Wildman–Crippen MR) is 60.8 cm³/mol. The molecule has 0 fully saturated rings. The van der Waals surface area contributed by atoms with Gasteiger partial charge in [0.25, 0.3) is 0 Å².